The van der Waals surface area contributed by atoms with E-state index < -0.39 is 11.6 Å². The highest BCUT2D eigenvalue weighted by Gasteiger charge is 2.26. The van der Waals surface area contributed by atoms with Gasteiger partial charge in [0.25, 0.3) is 0 Å². The van der Waals surface area contributed by atoms with E-state index in [2.05, 4.69) is 5.32 Å². The first-order valence-electron chi connectivity index (χ1n) is 6.60. The number of aliphatic hydroxyl groups is 1. The van der Waals surface area contributed by atoms with Gasteiger partial charge in [0.15, 0.2) is 0 Å². The lowest BCUT2D eigenvalue weighted by Gasteiger charge is -2.28. The normalized spacial score (nSPS) is 28.6. The second-order valence-corrected chi connectivity index (χ2v) is 5.54. The Hall–Kier alpha value is -0.610. The van der Waals surface area contributed by atoms with Gasteiger partial charge in [0, 0.05) is 6.54 Å². The van der Waals surface area contributed by atoms with Crippen LogP contribution in [0.1, 0.15) is 46.0 Å². The zero-order chi connectivity index (χ0) is 12.9. The smallest absolute Gasteiger partial charge is 0.306 e. The maximum Gasteiger partial charge on any atom is 0.306 e. The van der Waals surface area contributed by atoms with Gasteiger partial charge in [-0.25, -0.2) is 0 Å². The van der Waals surface area contributed by atoms with Gasteiger partial charge in [-0.2, -0.15) is 0 Å². The molecule has 4 heteroatoms. The van der Waals surface area contributed by atoms with Gasteiger partial charge in [-0.15, -0.1) is 0 Å². The van der Waals surface area contributed by atoms with Gasteiger partial charge >= 0.3 is 5.97 Å². The highest BCUT2D eigenvalue weighted by molar-refractivity contribution is 5.69. The predicted molar refractivity (Wildman–Crippen MR) is 66.9 cm³/mol. The van der Waals surface area contributed by atoms with Gasteiger partial charge in [0.2, 0.25) is 0 Å². The van der Waals surface area contributed by atoms with Crippen molar-refractivity contribution in [2.75, 3.05) is 13.1 Å². The van der Waals surface area contributed by atoms with Gasteiger partial charge in [-0.3, -0.25) is 4.79 Å². The highest BCUT2D eigenvalue weighted by atomic mass is 16.4. The second kappa shape index (κ2) is 6.36. The zero-order valence-electron chi connectivity index (χ0n) is 10.9. The Morgan fingerprint density at radius 1 is 1.35 bits per heavy atom. The fourth-order valence-electron chi connectivity index (χ4n) is 2.28. The van der Waals surface area contributed by atoms with Crippen LogP contribution in [-0.4, -0.2) is 34.9 Å². The van der Waals surface area contributed by atoms with Crippen molar-refractivity contribution in [2.24, 2.45) is 11.8 Å². The molecule has 3 N–H and O–H groups in total. The van der Waals surface area contributed by atoms with Crippen molar-refractivity contribution >= 4 is 5.97 Å². The third-order valence-electron chi connectivity index (χ3n) is 3.90. The van der Waals surface area contributed by atoms with Crippen LogP contribution in [-0.2, 0) is 4.79 Å². The fourth-order valence-corrected chi connectivity index (χ4v) is 2.28. The van der Waals surface area contributed by atoms with Crippen molar-refractivity contribution in [3.63, 3.8) is 0 Å². The summed E-state index contributed by atoms with van der Waals surface area (Å²) >= 11 is 0. The second-order valence-electron chi connectivity index (χ2n) is 5.54. The molecule has 1 aliphatic rings. The summed E-state index contributed by atoms with van der Waals surface area (Å²) in [6, 6.07) is 0. The summed E-state index contributed by atoms with van der Waals surface area (Å²) < 4.78 is 0. The van der Waals surface area contributed by atoms with E-state index in [4.69, 9.17) is 5.11 Å². The lowest BCUT2D eigenvalue weighted by Crippen LogP contribution is -2.39. The first kappa shape index (κ1) is 14.5. The molecule has 1 unspecified atom stereocenters. The van der Waals surface area contributed by atoms with Crippen LogP contribution in [0.3, 0.4) is 0 Å². The van der Waals surface area contributed by atoms with Crippen LogP contribution in [0.5, 0.6) is 0 Å². The molecule has 0 amide bonds. The van der Waals surface area contributed by atoms with Crippen LogP contribution >= 0.6 is 0 Å². The van der Waals surface area contributed by atoms with E-state index in [0.29, 0.717) is 12.5 Å². The first-order valence-corrected chi connectivity index (χ1v) is 6.60. The standard InChI is InChI=1S/C13H25NO3/c1-3-13(2,17)9-14-8-10-4-6-11(7-5-10)12(15)16/h10-11,14,17H,3-9H2,1-2H3,(H,15,16). The zero-order valence-corrected chi connectivity index (χ0v) is 10.9. The van der Waals surface area contributed by atoms with Crippen LogP contribution in [0.25, 0.3) is 0 Å². The Labute approximate surface area is 103 Å². The quantitative estimate of drug-likeness (QED) is 0.663. The number of carboxylic acids is 1. The van der Waals surface area contributed by atoms with E-state index >= 15 is 0 Å². The Kier molecular flexibility index (Phi) is 5.40. The first-order chi connectivity index (χ1) is 7.94. The van der Waals surface area contributed by atoms with E-state index in [1.165, 1.54) is 0 Å². The number of nitrogens with one attached hydrogen (secondary N) is 1. The average molecular weight is 243 g/mol. The number of hydrogen-bond donors (Lipinski definition) is 3. The molecule has 1 saturated carbocycles. The van der Waals surface area contributed by atoms with Gasteiger partial charge in [-0.1, -0.05) is 6.92 Å². The predicted octanol–water partition coefficient (Wildman–Crippen LogP) is 1.63. The molecule has 1 fully saturated rings. The molecule has 0 radical (unpaired) electrons. The largest absolute Gasteiger partial charge is 0.481 e. The van der Waals surface area contributed by atoms with Crippen LogP contribution in [0.4, 0.5) is 0 Å². The molecule has 0 spiro atoms. The maximum atomic E-state index is 10.8. The molecular weight excluding hydrogens is 218 g/mol. The van der Waals surface area contributed by atoms with Crippen LogP contribution in [0, 0.1) is 11.8 Å². The van der Waals surface area contributed by atoms with Crippen molar-refractivity contribution in [3.05, 3.63) is 0 Å². The third-order valence-corrected chi connectivity index (χ3v) is 3.90. The molecule has 0 heterocycles. The van der Waals surface area contributed by atoms with E-state index in [0.717, 1.165) is 38.6 Å². The van der Waals surface area contributed by atoms with Crippen LogP contribution in [0.2, 0.25) is 0 Å². The Morgan fingerprint density at radius 2 is 1.94 bits per heavy atom. The Bertz CT molecular complexity index is 245. The molecule has 1 aliphatic carbocycles. The van der Waals surface area contributed by atoms with Crippen molar-refractivity contribution in [1.29, 1.82) is 0 Å². The summed E-state index contributed by atoms with van der Waals surface area (Å²) in [7, 11) is 0. The summed E-state index contributed by atoms with van der Waals surface area (Å²) in [6.45, 7) is 5.31. The lowest BCUT2D eigenvalue weighted by molar-refractivity contribution is -0.143. The summed E-state index contributed by atoms with van der Waals surface area (Å²) in [5.74, 6) is -0.214. The molecule has 4 nitrogen and oxygen atoms in total. The lowest BCUT2D eigenvalue weighted by atomic mass is 9.82. The minimum atomic E-state index is -0.648. The monoisotopic (exact) mass is 243 g/mol. The topological polar surface area (TPSA) is 69.6 Å². The summed E-state index contributed by atoms with van der Waals surface area (Å²) in [5, 5.41) is 22.0. The number of carbonyl (C=O) groups is 1. The van der Waals surface area contributed by atoms with Gasteiger partial charge in [-0.05, 0) is 51.5 Å². The van der Waals surface area contributed by atoms with Crippen molar-refractivity contribution in [1.82, 2.24) is 5.32 Å². The van der Waals surface area contributed by atoms with Crippen molar-refractivity contribution in [3.8, 4) is 0 Å². The molecule has 0 aromatic heterocycles. The molecule has 0 aliphatic heterocycles. The number of hydrogen-bond acceptors (Lipinski definition) is 3. The van der Waals surface area contributed by atoms with Gasteiger partial charge in [0.1, 0.15) is 0 Å². The molecule has 0 aromatic carbocycles. The SMILES string of the molecule is CCC(C)(O)CNCC1CCC(C(=O)O)CC1. The third kappa shape index (κ3) is 5.04. The molecule has 100 valence electrons. The van der Waals surface area contributed by atoms with E-state index in [9.17, 15) is 9.90 Å². The van der Waals surface area contributed by atoms with E-state index in [1.807, 2.05) is 13.8 Å². The summed E-state index contributed by atoms with van der Waals surface area (Å²) in [5.41, 5.74) is -0.627. The molecular formula is C13H25NO3. The maximum absolute atomic E-state index is 10.8. The highest BCUT2D eigenvalue weighted by Crippen LogP contribution is 2.28. The number of aliphatic carboxylic acids is 1. The molecule has 0 saturated heterocycles. The minimum absolute atomic E-state index is 0.134. The Balaban J connectivity index is 2.16. The van der Waals surface area contributed by atoms with E-state index in [-0.39, 0.29) is 5.92 Å². The van der Waals surface area contributed by atoms with E-state index in [1.54, 1.807) is 0 Å². The van der Waals surface area contributed by atoms with Crippen molar-refractivity contribution in [2.45, 2.75) is 51.6 Å². The van der Waals surface area contributed by atoms with Crippen LogP contribution < -0.4 is 5.32 Å². The molecule has 0 bridgehead atoms. The van der Waals surface area contributed by atoms with Crippen LogP contribution in [0.15, 0.2) is 0 Å². The molecule has 1 atom stereocenters. The molecule has 1 rings (SSSR count). The number of carboxylic acid groups (broad SMARTS) is 1. The fraction of sp³-hybridized carbons (Fsp3) is 0.923. The minimum Gasteiger partial charge on any atom is -0.481 e. The average Bonchev–Trinajstić information content (AvgIpc) is 2.29. The van der Waals surface area contributed by atoms with Crippen molar-refractivity contribution < 1.29 is 15.0 Å². The molecule has 17 heavy (non-hydrogen) atoms. The van der Waals surface area contributed by atoms with Gasteiger partial charge < -0.3 is 15.5 Å². The summed E-state index contributed by atoms with van der Waals surface area (Å²) in [6.07, 6.45) is 4.31. The molecule has 0 aromatic rings. The van der Waals surface area contributed by atoms with Gasteiger partial charge in [0.05, 0.1) is 11.5 Å². The Morgan fingerprint density at radius 3 is 2.41 bits per heavy atom. The summed E-state index contributed by atoms with van der Waals surface area (Å²) in [4.78, 5) is 10.8. The number of rotatable bonds is 6.